The van der Waals surface area contributed by atoms with E-state index < -0.39 is 0 Å². The van der Waals surface area contributed by atoms with Gasteiger partial charge in [0.1, 0.15) is 0 Å². The summed E-state index contributed by atoms with van der Waals surface area (Å²) in [6, 6.07) is 0.713. The molecule has 0 aliphatic rings. The first-order valence-corrected chi connectivity index (χ1v) is 5.38. The molecule has 0 amide bonds. The van der Waals surface area contributed by atoms with E-state index in [1.165, 1.54) is 19.3 Å². The predicted molar refractivity (Wildman–Crippen MR) is 56.4 cm³/mol. The molecular weight excluding hydrogens is 146 g/mol. The minimum Gasteiger partial charge on any atom is -0.316 e. The normalized spacial score (nSPS) is 16.5. The van der Waals surface area contributed by atoms with Crippen LogP contribution >= 0.6 is 0 Å². The zero-order chi connectivity index (χ0) is 9.56. The first kappa shape index (κ1) is 12.0. The summed E-state index contributed by atoms with van der Waals surface area (Å²) in [5.41, 5.74) is 0. The van der Waals surface area contributed by atoms with Gasteiger partial charge in [-0.05, 0) is 18.9 Å². The Morgan fingerprint density at radius 2 is 1.50 bits per heavy atom. The van der Waals surface area contributed by atoms with Crippen molar-refractivity contribution in [2.45, 2.75) is 53.0 Å². The summed E-state index contributed by atoms with van der Waals surface area (Å²) in [4.78, 5) is 0. The van der Waals surface area contributed by atoms with Crippen LogP contribution in [0.3, 0.4) is 0 Å². The maximum Gasteiger partial charge on any atom is 0.0118 e. The summed E-state index contributed by atoms with van der Waals surface area (Å²) in [7, 11) is 2.09. The molecule has 0 aromatic heterocycles. The van der Waals surface area contributed by atoms with Gasteiger partial charge in [-0.25, -0.2) is 0 Å². The molecule has 0 radical (unpaired) electrons. The first-order valence-electron chi connectivity index (χ1n) is 5.38. The largest absolute Gasteiger partial charge is 0.316 e. The Labute approximate surface area is 77.9 Å². The lowest BCUT2D eigenvalue weighted by atomic mass is 9.84. The Kier molecular flexibility index (Phi) is 6.45. The van der Waals surface area contributed by atoms with E-state index in [9.17, 15) is 0 Å². The Bertz CT molecular complexity index is 97.2. The minimum atomic E-state index is 0.713. The molecule has 0 saturated heterocycles. The second kappa shape index (κ2) is 6.47. The molecule has 0 aliphatic carbocycles. The van der Waals surface area contributed by atoms with Crippen molar-refractivity contribution in [3.63, 3.8) is 0 Å². The number of nitrogens with one attached hydrogen (secondary N) is 1. The van der Waals surface area contributed by atoms with Gasteiger partial charge in [0.05, 0.1) is 0 Å². The monoisotopic (exact) mass is 171 g/mol. The van der Waals surface area contributed by atoms with Crippen LogP contribution in [0.2, 0.25) is 0 Å². The molecule has 0 saturated carbocycles. The second-order valence-electron chi connectivity index (χ2n) is 3.78. The lowest BCUT2D eigenvalue weighted by Gasteiger charge is -2.29. The highest BCUT2D eigenvalue weighted by atomic mass is 14.9. The van der Waals surface area contributed by atoms with Gasteiger partial charge in [0.2, 0.25) is 0 Å². The molecule has 0 bridgehead atoms. The van der Waals surface area contributed by atoms with Gasteiger partial charge in [0.15, 0.2) is 0 Å². The molecule has 0 aromatic carbocycles. The van der Waals surface area contributed by atoms with Crippen LogP contribution in [0.4, 0.5) is 0 Å². The van der Waals surface area contributed by atoms with Crippen molar-refractivity contribution in [1.82, 2.24) is 5.32 Å². The third kappa shape index (κ3) is 3.14. The molecular formula is C11H25N. The van der Waals surface area contributed by atoms with Crippen molar-refractivity contribution in [3.8, 4) is 0 Å². The molecule has 0 rings (SSSR count). The van der Waals surface area contributed by atoms with Gasteiger partial charge in [0.25, 0.3) is 0 Å². The van der Waals surface area contributed by atoms with E-state index in [0.717, 1.165) is 11.8 Å². The minimum absolute atomic E-state index is 0.713. The average molecular weight is 171 g/mol. The van der Waals surface area contributed by atoms with E-state index in [0.29, 0.717) is 6.04 Å². The van der Waals surface area contributed by atoms with Crippen molar-refractivity contribution >= 4 is 0 Å². The molecule has 0 heterocycles. The van der Waals surface area contributed by atoms with Gasteiger partial charge < -0.3 is 5.32 Å². The van der Waals surface area contributed by atoms with E-state index in [1.54, 1.807) is 0 Å². The first-order chi connectivity index (χ1) is 5.71. The standard InChI is InChI=1S/C11H25N/c1-6-9(4)11(12-5)10(7-2)8-3/h9-12H,6-8H2,1-5H3. The molecule has 0 aliphatic heterocycles. The van der Waals surface area contributed by atoms with Crippen LogP contribution < -0.4 is 5.32 Å². The van der Waals surface area contributed by atoms with Crippen LogP contribution in [-0.2, 0) is 0 Å². The van der Waals surface area contributed by atoms with Crippen LogP contribution in [0.25, 0.3) is 0 Å². The topological polar surface area (TPSA) is 12.0 Å². The third-order valence-electron chi connectivity index (χ3n) is 3.15. The SMILES string of the molecule is CCC(C)C(NC)C(CC)CC. The van der Waals surface area contributed by atoms with E-state index in [2.05, 4.69) is 40.1 Å². The third-order valence-corrected chi connectivity index (χ3v) is 3.15. The lowest BCUT2D eigenvalue weighted by molar-refractivity contribution is 0.264. The summed E-state index contributed by atoms with van der Waals surface area (Å²) >= 11 is 0. The zero-order valence-corrected chi connectivity index (χ0v) is 9.35. The van der Waals surface area contributed by atoms with Gasteiger partial charge in [-0.1, -0.05) is 47.0 Å². The molecule has 0 fully saturated rings. The van der Waals surface area contributed by atoms with Crippen molar-refractivity contribution in [3.05, 3.63) is 0 Å². The van der Waals surface area contributed by atoms with Gasteiger partial charge in [-0.2, -0.15) is 0 Å². The highest BCUT2D eigenvalue weighted by molar-refractivity contribution is 4.77. The highest BCUT2D eigenvalue weighted by Crippen LogP contribution is 2.21. The van der Waals surface area contributed by atoms with E-state index in [-0.39, 0.29) is 0 Å². The fraction of sp³-hybridized carbons (Fsp3) is 1.00. The van der Waals surface area contributed by atoms with E-state index >= 15 is 0 Å². The smallest absolute Gasteiger partial charge is 0.0118 e. The molecule has 0 spiro atoms. The molecule has 1 heteroatoms. The number of hydrogen-bond acceptors (Lipinski definition) is 1. The quantitative estimate of drug-likeness (QED) is 0.647. The Balaban J connectivity index is 4.09. The summed E-state index contributed by atoms with van der Waals surface area (Å²) in [6.07, 6.45) is 3.88. The van der Waals surface area contributed by atoms with Gasteiger partial charge in [-0.15, -0.1) is 0 Å². The van der Waals surface area contributed by atoms with Crippen LogP contribution in [0.5, 0.6) is 0 Å². The zero-order valence-electron chi connectivity index (χ0n) is 9.35. The predicted octanol–water partition coefficient (Wildman–Crippen LogP) is 3.06. The van der Waals surface area contributed by atoms with Crippen LogP contribution in [0, 0.1) is 11.8 Å². The van der Waals surface area contributed by atoms with Gasteiger partial charge >= 0.3 is 0 Å². The average Bonchev–Trinajstić information content (AvgIpc) is 2.12. The summed E-state index contributed by atoms with van der Waals surface area (Å²) < 4.78 is 0. The number of hydrogen-bond donors (Lipinski definition) is 1. The van der Waals surface area contributed by atoms with Crippen molar-refractivity contribution in [1.29, 1.82) is 0 Å². The summed E-state index contributed by atoms with van der Waals surface area (Å²) in [5, 5.41) is 3.45. The molecule has 12 heavy (non-hydrogen) atoms. The Hall–Kier alpha value is -0.0400. The fourth-order valence-corrected chi connectivity index (χ4v) is 2.04. The van der Waals surface area contributed by atoms with Crippen LogP contribution in [0.15, 0.2) is 0 Å². The Morgan fingerprint density at radius 3 is 1.75 bits per heavy atom. The van der Waals surface area contributed by atoms with Crippen LogP contribution in [-0.4, -0.2) is 13.1 Å². The molecule has 0 aromatic rings. The summed E-state index contributed by atoms with van der Waals surface area (Å²) in [6.45, 7) is 9.21. The van der Waals surface area contributed by atoms with E-state index in [1.807, 2.05) is 0 Å². The van der Waals surface area contributed by atoms with Crippen LogP contribution in [0.1, 0.15) is 47.0 Å². The lowest BCUT2D eigenvalue weighted by Crippen LogP contribution is -2.38. The van der Waals surface area contributed by atoms with Crippen molar-refractivity contribution in [2.75, 3.05) is 7.05 Å². The summed E-state index contributed by atoms with van der Waals surface area (Å²) in [5.74, 6) is 1.66. The Morgan fingerprint density at radius 1 is 1.00 bits per heavy atom. The highest BCUT2D eigenvalue weighted by Gasteiger charge is 2.21. The fourth-order valence-electron chi connectivity index (χ4n) is 2.04. The molecule has 1 N–H and O–H groups in total. The molecule has 2 atom stereocenters. The van der Waals surface area contributed by atoms with Crippen molar-refractivity contribution in [2.24, 2.45) is 11.8 Å². The number of rotatable bonds is 6. The van der Waals surface area contributed by atoms with Gasteiger partial charge in [-0.3, -0.25) is 0 Å². The maximum absolute atomic E-state index is 3.45. The maximum atomic E-state index is 3.45. The second-order valence-corrected chi connectivity index (χ2v) is 3.78. The molecule has 74 valence electrons. The van der Waals surface area contributed by atoms with Crippen molar-refractivity contribution < 1.29 is 0 Å². The van der Waals surface area contributed by atoms with Gasteiger partial charge in [0, 0.05) is 6.04 Å². The molecule has 1 nitrogen and oxygen atoms in total. The molecule has 2 unspecified atom stereocenters. The van der Waals surface area contributed by atoms with E-state index in [4.69, 9.17) is 0 Å².